The summed E-state index contributed by atoms with van der Waals surface area (Å²) in [6.45, 7) is 3.96. The topological polar surface area (TPSA) is 32.3 Å². The van der Waals surface area contributed by atoms with E-state index >= 15 is 0 Å². The fraction of sp³-hybridized carbons (Fsp3) is 0.462. The molecule has 1 atom stereocenters. The summed E-state index contributed by atoms with van der Waals surface area (Å²) in [6, 6.07) is 5.64. The minimum absolute atomic E-state index is 0.101. The first-order valence-corrected chi connectivity index (χ1v) is 6.35. The Bertz CT molecular complexity index is 468. The second-order valence-corrected chi connectivity index (χ2v) is 5.49. The monoisotopic (exact) mass is 250 g/mol. The van der Waals surface area contributed by atoms with Crippen molar-refractivity contribution in [1.82, 2.24) is 4.90 Å². The number of halogens is 1. The Hall–Kier alpha value is -1.22. The van der Waals surface area contributed by atoms with Crippen molar-refractivity contribution in [1.29, 1.82) is 0 Å². The molecule has 0 aliphatic carbocycles. The molecular weight excluding hydrogens is 236 g/mol. The van der Waals surface area contributed by atoms with Gasteiger partial charge < -0.3 is 10.2 Å². The molecule has 1 aromatic carbocycles. The van der Waals surface area contributed by atoms with Crippen molar-refractivity contribution in [3.05, 3.63) is 28.8 Å². The lowest BCUT2D eigenvalue weighted by Gasteiger charge is -2.38. The number of anilines is 1. The van der Waals surface area contributed by atoms with Crippen molar-refractivity contribution >= 4 is 23.2 Å². The highest BCUT2D eigenvalue weighted by atomic mass is 35.5. The van der Waals surface area contributed by atoms with Crippen LogP contribution in [0, 0.1) is 5.92 Å². The highest BCUT2D eigenvalue weighted by Crippen LogP contribution is 2.30. The van der Waals surface area contributed by atoms with Gasteiger partial charge in [-0.2, -0.15) is 0 Å². The molecule has 17 heavy (non-hydrogen) atoms. The molecule has 0 unspecified atom stereocenters. The van der Waals surface area contributed by atoms with Gasteiger partial charge in [-0.1, -0.05) is 18.5 Å². The van der Waals surface area contributed by atoms with E-state index in [1.807, 2.05) is 23.1 Å². The number of nitrogens with zero attached hydrogens (tertiary/aromatic N) is 1. The number of rotatable bonds is 1. The van der Waals surface area contributed by atoms with Crippen LogP contribution in [0.1, 0.15) is 12.5 Å². The predicted molar refractivity (Wildman–Crippen MR) is 68.3 cm³/mol. The lowest BCUT2D eigenvalue weighted by Crippen LogP contribution is -2.53. The lowest BCUT2D eigenvalue weighted by atomic mass is 10.0. The van der Waals surface area contributed by atoms with Gasteiger partial charge in [0.25, 0.3) is 0 Å². The second-order valence-electron chi connectivity index (χ2n) is 5.05. The average molecular weight is 251 g/mol. The smallest absolute Gasteiger partial charge is 0.245 e. The van der Waals surface area contributed by atoms with Crippen molar-refractivity contribution in [3.8, 4) is 0 Å². The number of nitrogens with one attached hydrogen (secondary N) is 1. The molecule has 3 rings (SSSR count). The van der Waals surface area contributed by atoms with Crippen molar-refractivity contribution in [3.63, 3.8) is 0 Å². The Balaban J connectivity index is 1.71. The van der Waals surface area contributed by atoms with Crippen LogP contribution in [0.3, 0.4) is 0 Å². The number of benzene rings is 1. The lowest BCUT2D eigenvalue weighted by molar-refractivity contribution is -0.137. The minimum atomic E-state index is -0.101. The Kier molecular flexibility index (Phi) is 2.51. The van der Waals surface area contributed by atoms with Gasteiger partial charge >= 0.3 is 0 Å². The Labute approximate surface area is 106 Å². The first-order chi connectivity index (χ1) is 8.13. The number of amides is 1. The fourth-order valence-electron chi connectivity index (χ4n) is 2.58. The van der Waals surface area contributed by atoms with Crippen LogP contribution in [-0.4, -0.2) is 29.9 Å². The molecule has 1 fully saturated rings. The molecule has 2 aliphatic heterocycles. The summed E-state index contributed by atoms with van der Waals surface area (Å²) in [5, 5.41) is 4.01. The van der Waals surface area contributed by atoms with Gasteiger partial charge in [0.2, 0.25) is 5.91 Å². The Morgan fingerprint density at radius 3 is 2.94 bits per heavy atom. The first-order valence-electron chi connectivity index (χ1n) is 5.97. The molecule has 2 heterocycles. The first kappa shape index (κ1) is 10.9. The summed E-state index contributed by atoms with van der Waals surface area (Å²) < 4.78 is 0. The maximum absolute atomic E-state index is 12.2. The van der Waals surface area contributed by atoms with Crippen molar-refractivity contribution in [2.45, 2.75) is 19.4 Å². The van der Waals surface area contributed by atoms with Gasteiger partial charge in [-0.3, -0.25) is 4.79 Å². The van der Waals surface area contributed by atoms with Gasteiger partial charge in [0.1, 0.15) is 6.04 Å². The zero-order valence-corrected chi connectivity index (χ0v) is 10.5. The van der Waals surface area contributed by atoms with Crippen LogP contribution >= 0.6 is 11.6 Å². The SMILES string of the molecule is CC1CN(C(=O)[C@@H]2Cc3cc(Cl)ccc3N2)C1. The van der Waals surface area contributed by atoms with Crippen LogP contribution < -0.4 is 5.32 Å². The summed E-state index contributed by atoms with van der Waals surface area (Å²) in [5.41, 5.74) is 2.19. The Morgan fingerprint density at radius 1 is 1.47 bits per heavy atom. The van der Waals surface area contributed by atoms with Gasteiger partial charge in [0, 0.05) is 30.2 Å². The van der Waals surface area contributed by atoms with E-state index in [2.05, 4.69) is 12.2 Å². The Morgan fingerprint density at radius 2 is 2.24 bits per heavy atom. The summed E-state index contributed by atoms with van der Waals surface area (Å²) in [6.07, 6.45) is 0.750. The summed E-state index contributed by atoms with van der Waals surface area (Å²) in [5.74, 6) is 0.868. The molecule has 0 aromatic heterocycles. The van der Waals surface area contributed by atoms with E-state index in [1.165, 1.54) is 0 Å². The zero-order valence-electron chi connectivity index (χ0n) is 9.74. The number of carbonyl (C=O) groups excluding carboxylic acids is 1. The largest absolute Gasteiger partial charge is 0.373 e. The van der Waals surface area contributed by atoms with E-state index in [0.717, 1.165) is 35.8 Å². The van der Waals surface area contributed by atoms with Crippen LogP contribution in [0.2, 0.25) is 5.02 Å². The highest BCUT2D eigenvalue weighted by Gasteiger charge is 2.35. The number of carbonyl (C=O) groups is 1. The van der Waals surface area contributed by atoms with Crippen LogP contribution in [-0.2, 0) is 11.2 Å². The van der Waals surface area contributed by atoms with Crippen LogP contribution in [0.4, 0.5) is 5.69 Å². The number of hydrogen-bond acceptors (Lipinski definition) is 2. The molecule has 2 aliphatic rings. The molecule has 4 heteroatoms. The molecule has 0 bridgehead atoms. The normalized spacial score (nSPS) is 22.9. The van der Waals surface area contributed by atoms with Crippen molar-refractivity contribution in [2.24, 2.45) is 5.92 Å². The van der Waals surface area contributed by atoms with E-state index in [0.29, 0.717) is 5.92 Å². The number of fused-ring (bicyclic) bond motifs is 1. The third kappa shape index (κ3) is 1.89. The van der Waals surface area contributed by atoms with Crippen LogP contribution in [0.5, 0.6) is 0 Å². The maximum Gasteiger partial charge on any atom is 0.245 e. The summed E-state index contributed by atoms with van der Waals surface area (Å²) in [7, 11) is 0. The maximum atomic E-state index is 12.2. The molecule has 0 spiro atoms. The third-order valence-corrected chi connectivity index (χ3v) is 3.73. The van der Waals surface area contributed by atoms with Crippen molar-refractivity contribution in [2.75, 3.05) is 18.4 Å². The van der Waals surface area contributed by atoms with Gasteiger partial charge in [0.05, 0.1) is 0 Å². The highest BCUT2D eigenvalue weighted by molar-refractivity contribution is 6.30. The fourth-order valence-corrected chi connectivity index (χ4v) is 2.77. The molecule has 3 nitrogen and oxygen atoms in total. The van der Waals surface area contributed by atoms with Gasteiger partial charge in [-0.05, 0) is 29.7 Å². The quantitative estimate of drug-likeness (QED) is 0.829. The van der Waals surface area contributed by atoms with Crippen LogP contribution in [0.25, 0.3) is 0 Å². The summed E-state index contributed by atoms with van der Waals surface area (Å²) in [4.78, 5) is 14.1. The predicted octanol–water partition coefficient (Wildman–Crippen LogP) is 2.15. The van der Waals surface area contributed by atoms with Crippen LogP contribution in [0.15, 0.2) is 18.2 Å². The third-order valence-electron chi connectivity index (χ3n) is 3.49. The molecule has 90 valence electrons. The van der Waals surface area contributed by atoms with E-state index < -0.39 is 0 Å². The minimum Gasteiger partial charge on any atom is -0.373 e. The molecule has 1 aromatic rings. The van der Waals surface area contributed by atoms with E-state index in [4.69, 9.17) is 11.6 Å². The second kappa shape index (κ2) is 3.91. The summed E-state index contributed by atoms with van der Waals surface area (Å²) >= 11 is 5.95. The zero-order chi connectivity index (χ0) is 12.0. The standard InChI is InChI=1S/C13H15ClN2O/c1-8-6-16(7-8)13(17)12-5-9-4-10(14)2-3-11(9)15-12/h2-4,8,12,15H,5-7H2,1H3/t12-/m0/s1. The number of likely N-dealkylation sites (tertiary alicyclic amines) is 1. The van der Waals surface area contributed by atoms with Gasteiger partial charge in [-0.15, -0.1) is 0 Å². The van der Waals surface area contributed by atoms with Gasteiger partial charge in [0.15, 0.2) is 0 Å². The van der Waals surface area contributed by atoms with Gasteiger partial charge in [-0.25, -0.2) is 0 Å². The molecule has 1 amide bonds. The molecule has 1 N–H and O–H groups in total. The molecule has 0 radical (unpaired) electrons. The average Bonchev–Trinajstić information content (AvgIpc) is 2.66. The van der Waals surface area contributed by atoms with E-state index in [1.54, 1.807) is 0 Å². The number of hydrogen-bond donors (Lipinski definition) is 1. The van der Waals surface area contributed by atoms with Crippen molar-refractivity contribution < 1.29 is 4.79 Å². The molecule has 1 saturated heterocycles. The molecular formula is C13H15ClN2O. The van der Waals surface area contributed by atoms with E-state index in [9.17, 15) is 4.79 Å². The molecule has 0 saturated carbocycles. The van der Waals surface area contributed by atoms with E-state index in [-0.39, 0.29) is 11.9 Å².